The van der Waals surface area contributed by atoms with Crippen molar-refractivity contribution < 1.29 is 18.8 Å². The van der Waals surface area contributed by atoms with Crippen LogP contribution in [0.3, 0.4) is 0 Å². The number of esters is 1. The highest BCUT2D eigenvalue weighted by Gasteiger charge is 2.22. The molecule has 0 saturated carbocycles. The van der Waals surface area contributed by atoms with Gasteiger partial charge in [-0.15, -0.1) is 0 Å². The molecule has 0 unspecified atom stereocenters. The Morgan fingerprint density at radius 2 is 1.90 bits per heavy atom. The average molecular weight is 422 g/mol. The summed E-state index contributed by atoms with van der Waals surface area (Å²) in [7, 11) is 0. The van der Waals surface area contributed by atoms with Gasteiger partial charge in [0.2, 0.25) is 17.6 Å². The van der Waals surface area contributed by atoms with Crippen LogP contribution in [0.15, 0.2) is 34.9 Å². The molecule has 3 rings (SSSR count). The Balaban J connectivity index is 1.89. The molecule has 8 nitrogen and oxygen atoms in total. The molecule has 2 aromatic heterocycles. The highest BCUT2D eigenvalue weighted by molar-refractivity contribution is 6.05. The van der Waals surface area contributed by atoms with E-state index in [2.05, 4.69) is 15.5 Å². The van der Waals surface area contributed by atoms with E-state index < -0.39 is 5.97 Å². The van der Waals surface area contributed by atoms with Gasteiger partial charge in [-0.1, -0.05) is 17.3 Å². The van der Waals surface area contributed by atoms with Crippen molar-refractivity contribution in [3.8, 4) is 11.4 Å². The van der Waals surface area contributed by atoms with Crippen molar-refractivity contribution in [2.45, 2.75) is 41.2 Å². The second-order valence-electron chi connectivity index (χ2n) is 6.93. The summed E-state index contributed by atoms with van der Waals surface area (Å²) in [6.45, 7) is 10.3. The number of ether oxygens (including phenoxy) is 1. The van der Waals surface area contributed by atoms with Crippen molar-refractivity contribution >= 4 is 23.6 Å². The molecule has 0 aliphatic heterocycles. The number of nitrogens with zero attached hydrogens (tertiary/aromatic N) is 3. The third-order valence-electron chi connectivity index (χ3n) is 4.98. The fraction of sp³-hybridized carbons (Fsp3) is 0.304. The number of carbonyl (C=O) groups is 2. The van der Waals surface area contributed by atoms with Crippen LogP contribution in [-0.2, 0) is 16.1 Å². The fourth-order valence-corrected chi connectivity index (χ4v) is 3.58. The van der Waals surface area contributed by atoms with Gasteiger partial charge in [0.1, 0.15) is 0 Å². The van der Waals surface area contributed by atoms with Crippen LogP contribution in [0.2, 0.25) is 0 Å². The molecular weight excluding hydrogens is 396 g/mol. The van der Waals surface area contributed by atoms with Gasteiger partial charge in [-0.05, 0) is 45.9 Å². The van der Waals surface area contributed by atoms with Crippen LogP contribution in [-0.4, -0.2) is 33.2 Å². The number of hydrogen-bond acceptors (Lipinski definition) is 6. The number of nitrogens with one attached hydrogen (secondary N) is 1. The first-order valence-electron chi connectivity index (χ1n) is 10.1. The Bertz CT molecular complexity index is 1140. The van der Waals surface area contributed by atoms with E-state index in [0.717, 1.165) is 11.4 Å². The van der Waals surface area contributed by atoms with Crippen molar-refractivity contribution in [3.63, 3.8) is 0 Å². The number of aryl methyl sites for hydroxylation is 1. The van der Waals surface area contributed by atoms with Gasteiger partial charge in [-0.2, -0.15) is 4.98 Å². The highest BCUT2D eigenvalue weighted by atomic mass is 16.5. The molecule has 2 heterocycles. The highest BCUT2D eigenvalue weighted by Crippen LogP contribution is 2.27. The zero-order valence-corrected chi connectivity index (χ0v) is 18.4. The number of rotatable bonds is 7. The van der Waals surface area contributed by atoms with E-state index >= 15 is 0 Å². The van der Waals surface area contributed by atoms with Gasteiger partial charge < -0.3 is 19.1 Å². The summed E-state index contributed by atoms with van der Waals surface area (Å²) < 4.78 is 12.3. The van der Waals surface area contributed by atoms with Gasteiger partial charge >= 0.3 is 5.97 Å². The van der Waals surface area contributed by atoms with Gasteiger partial charge in [0.15, 0.2) is 0 Å². The Kier molecular flexibility index (Phi) is 6.69. The molecule has 8 heteroatoms. The molecule has 0 spiro atoms. The molecule has 0 fully saturated rings. The quantitative estimate of drug-likeness (QED) is 0.450. The minimum Gasteiger partial charge on any atom is -0.462 e. The lowest BCUT2D eigenvalue weighted by atomic mass is 10.1. The average Bonchev–Trinajstić information content (AvgIpc) is 3.27. The molecule has 1 N–H and O–H groups in total. The normalized spacial score (nSPS) is 11.1. The number of para-hydroxylation sites is 1. The van der Waals surface area contributed by atoms with Crippen LogP contribution in [0.4, 0.5) is 5.69 Å². The molecule has 0 bridgehead atoms. The van der Waals surface area contributed by atoms with Crippen LogP contribution in [0.25, 0.3) is 17.5 Å². The Hall–Kier alpha value is -3.68. The van der Waals surface area contributed by atoms with Crippen LogP contribution in [0.1, 0.15) is 47.0 Å². The first kappa shape index (κ1) is 22.0. The lowest BCUT2D eigenvalue weighted by Crippen LogP contribution is -2.10. The minimum atomic E-state index is -0.395. The van der Waals surface area contributed by atoms with Crippen molar-refractivity contribution in [1.29, 1.82) is 0 Å². The molecule has 1 amide bonds. The number of carbonyl (C=O) groups excluding carboxylic acids is 2. The lowest BCUT2D eigenvalue weighted by Gasteiger charge is -2.07. The summed E-state index contributed by atoms with van der Waals surface area (Å²) in [4.78, 5) is 29.4. The molecule has 0 atom stereocenters. The topological polar surface area (TPSA) is 99.2 Å². The molecule has 162 valence electrons. The van der Waals surface area contributed by atoms with Crippen LogP contribution in [0, 0.1) is 20.8 Å². The van der Waals surface area contributed by atoms with Gasteiger partial charge in [-0.25, -0.2) is 4.79 Å². The molecule has 1 aromatic carbocycles. The van der Waals surface area contributed by atoms with Crippen LogP contribution >= 0.6 is 0 Å². The second kappa shape index (κ2) is 9.42. The summed E-state index contributed by atoms with van der Waals surface area (Å²) >= 11 is 0. The lowest BCUT2D eigenvalue weighted by molar-refractivity contribution is -0.111. The molecule has 0 aliphatic rings. The number of amides is 1. The maximum atomic E-state index is 12.7. The number of anilines is 1. The Morgan fingerprint density at radius 3 is 2.55 bits per heavy atom. The standard InChI is InChI=1S/C23H26N4O4/c1-6-27-14(3)17(21(15(27)4)23(29)30-7-2)12-13-20(28)25-19-11-9-8-10-18(19)22-24-16(5)31-26-22/h8-13H,6-7H2,1-5H3,(H,25,28)/b13-12+. The number of aromatic nitrogens is 3. The molecule has 3 aromatic rings. The summed E-state index contributed by atoms with van der Waals surface area (Å²) in [5, 5.41) is 6.77. The molecule has 0 radical (unpaired) electrons. The zero-order valence-electron chi connectivity index (χ0n) is 18.4. The maximum Gasteiger partial charge on any atom is 0.340 e. The van der Waals surface area contributed by atoms with Crippen molar-refractivity contribution in [1.82, 2.24) is 14.7 Å². The van der Waals surface area contributed by atoms with Crippen LogP contribution in [0.5, 0.6) is 0 Å². The van der Waals surface area contributed by atoms with Gasteiger partial charge in [0, 0.05) is 42.1 Å². The molecule has 0 saturated heterocycles. The third kappa shape index (κ3) is 4.58. The zero-order chi connectivity index (χ0) is 22.5. The fourth-order valence-electron chi connectivity index (χ4n) is 3.58. The SMILES string of the molecule is CCOC(=O)c1c(/C=C/C(=O)Nc2ccccc2-c2noc(C)n2)c(C)n(CC)c1C. The predicted molar refractivity (Wildman–Crippen MR) is 118 cm³/mol. The van der Waals surface area contributed by atoms with Crippen molar-refractivity contribution in [2.24, 2.45) is 0 Å². The van der Waals surface area contributed by atoms with E-state index in [4.69, 9.17) is 9.26 Å². The molecule has 0 aliphatic carbocycles. The summed E-state index contributed by atoms with van der Waals surface area (Å²) in [6, 6.07) is 7.21. The minimum absolute atomic E-state index is 0.282. The van der Waals surface area contributed by atoms with E-state index in [0.29, 0.717) is 40.6 Å². The third-order valence-corrected chi connectivity index (χ3v) is 4.98. The number of benzene rings is 1. The summed E-state index contributed by atoms with van der Waals surface area (Å²) in [5.74, 6) is 0.0965. The number of hydrogen-bond donors (Lipinski definition) is 1. The molecule has 31 heavy (non-hydrogen) atoms. The van der Waals surface area contributed by atoms with Crippen molar-refractivity contribution in [2.75, 3.05) is 11.9 Å². The van der Waals surface area contributed by atoms with Gasteiger partial charge in [0.05, 0.1) is 17.9 Å². The van der Waals surface area contributed by atoms with Crippen LogP contribution < -0.4 is 5.32 Å². The molecular formula is C23H26N4O4. The van der Waals surface area contributed by atoms with E-state index in [1.54, 1.807) is 32.1 Å². The van der Waals surface area contributed by atoms with E-state index in [1.165, 1.54) is 6.08 Å². The second-order valence-corrected chi connectivity index (χ2v) is 6.93. The van der Waals surface area contributed by atoms with Crippen molar-refractivity contribution in [3.05, 3.63) is 58.7 Å². The van der Waals surface area contributed by atoms with E-state index in [1.807, 2.05) is 37.5 Å². The first-order chi connectivity index (χ1) is 14.9. The maximum absolute atomic E-state index is 12.7. The van der Waals surface area contributed by atoms with Gasteiger partial charge in [-0.3, -0.25) is 4.79 Å². The van der Waals surface area contributed by atoms with E-state index in [-0.39, 0.29) is 12.5 Å². The Labute approximate surface area is 180 Å². The first-order valence-corrected chi connectivity index (χ1v) is 10.1. The Morgan fingerprint density at radius 1 is 1.16 bits per heavy atom. The van der Waals surface area contributed by atoms with Gasteiger partial charge in [0.25, 0.3) is 0 Å². The smallest absolute Gasteiger partial charge is 0.340 e. The monoisotopic (exact) mass is 422 g/mol. The van der Waals surface area contributed by atoms with E-state index in [9.17, 15) is 9.59 Å². The predicted octanol–water partition coefficient (Wildman–Crippen LogP) is 4.31. The summed E-state index contributed by atoms with van der Waals surface area (Å²) in [6.07, 6.45) is 3.06. The largest absolute Gasteiger partial charge is 0.462 e. The summed E-state index contributed by atoms with van der Waals surface area (Å²) in [5.41, 5.74) is 4.08.